The van der Waals surface area contributed by atoms with E-state index in [2.05, 4.69) is 28.8 Å². The third kappa shape index (κ3) is 5.84. The molecule has 0 saturated carbocycles. The van der Waals surface area contributed by atoms with Gasteiger partial charge in [0.15, 0.2) is 0 Å². The molecule has 0 aliphatic carbocycles. The van der Waals surface area contributed by atoms with Gasteiger partial charge in [0.1, 0.15) is 18.3 Å². The summed E-state index contributed by atoms with van der Waals surface area (Å²) >= 11 is 0. The van der Waals surface area contributed by atoms with Gasteiger partial charge >= 0.3 is 0 Å². The van der Waals surface area contributed by atoms with E-state index in [0.29, 0.717) is 0 Å². The van der Waals surface area contributed by atoms with Gasteiger partial charge in [0.25, 0.3) is 0 Å². The highest BCUT2D eigenvalue weighted by Crippen LogP contribution is 1.60. The van der Waals surface area contributed by atoms with E-state index in [1.165, 1.54) is 0 Å². The van der Waals surface area contributed by atoms with Crippen LogP contribution in [-0.2, 0) is 4.74 Å². The van der Waals surface area contributed by atoms with Gasteiger partial charge in [-0.15, -0.1) is 6.42 Å². The third-order valence-electron chi connectivity index (χ3n) is 0.395. The minimum Gasteiger partial charge on any atom is -0.461 e. The zero-order valence-corrected chi connectivity index (χ0v) is 4.93. The van der Waals surface area contributed by atoms with Crippen molar-refractivity contribution >= 4 is 0 Å². The van der Waals surface area contributed by atoms with Crippen molar-refractivity contribution in [3.05, 3.63) is 0 Å². The van der Waals surface area contributed by atoms with Crippen molar-refractivity contribution in [1.82, 2.24) is 0 Å². The maximum Gasteiger partial charge on any atom is 0.144 e. The van der Waals surface area contributed by atoms with Crippen LogP contribution in [0.2, 0.25) is 0 Å². The van der Waals surface area contributed by atoms with Gasteiger partial charge in [0.05, 0.1) is 0 Å². The van der Waals surface area contributed by atoms with Gasteiger partial charge in [-0.3, -0.25) is 0 Å². The number of ether oxygens (including phenoxy) is 1. The van der Waals surface area contributed by atoms with Crippen LogP contribution in [-0.4, -0.2) is 5.11 Å². The average Bonchev–Trinajstić information content (AvgIpc) is 1.97. The van der Waals surface area contributed by atoms with Crippen molar-refractivity contribution in [2.24, 2.45) is 0 Å². The zero-order chi connectivity index (χ0) is 7.66. The Hall–Kier alpha value is -2.16. The molecule has 0 fully saturated rings. The van der Waals surface area contributed by atoms with Gasteiger partial charge < -0.3 is 9.84 Å². The van der Waals surface area contributed by atoms with E-state index in [0.717, 1.165) is 0 Å². The minimum absolute atomic E-state index is 1.57. The van der Waals surface area contributed by atoms with E-state index in [4.69, 9.17) is 11.5 Å². The van der Waals surface area contributed by atoms with Crippen LogP contribution in [0.4, 0.5) is 0 Å². The molecule has 0 bridgehead atoms. The summed E-state index contributed by atoms with van der Waals surface area (Å²) < 4.78 is 4.30. The molecule has 2 heteroatoms. The quantitative estimate of drug-likeness (QED) is 0.464. The van der Waals surface area contributed by atoms with Gasteiger partial charge in [0.2, 0.25) is 0 Å². The fraction of sp³-hybridized carbons (Fsp3) is 0. The molecule has 0 saturated heterocycles. The molecule has 0 amide bonds. The molecule has 0 aliphatic rings. The molecular formula is C8H2O2. The Balaban J connectivity index is 3.67. The van der Waals surface area contributed by atoms with E-state index in [1.54, 1.807) is 6.11 Å². The molecule has 0 spiro atoms. The molecule has 0 heterocycles. The number of aliphatic hydroxyl groups is 1. The molecule has 0 unspecified atom stereocenters. The molecule has 0 aromatic carbocycles. The van der Waals surface area contributed by atoms with Gasteiger partial charge in [-0.05, 0) is 5.92 Å². The van der Waals surface area contributed by atoms with Gasteiger partial charge in [-0.1, -0.05) is 0 Å². The summed E-state index contributed by atoms with van der Waals surface area (Å²) in [5.74, 6) is 8.35. The first-order chi connectivity index (χ1) is 4.91. The number of hydrogen-bond acceptors (Lipinski definition) is 2. The van der Waals surface area contributed by atoms with E-state index < -0.39 is 0 Å². The number of hydrogen-bond donors (Lipinski definition) is 1. The number of aliphatic hydroxyl groups excluding tert-OH is 1. The maximum absolute atomic E-state index is 7.88. The summed E-state index contributed by atoms with van der Waals surface area (Å²) in [5, 5.41) is 7.88. The highest BCUT2D eigenvalue weighted by molar-refractivity contribution is 5.23. The lowest BCUT2D eigenvalue weighted by atomic mass is 10.7. The smallest absolute Gasteiger partial charge is 0.144 e. The molecule has 0 aliphatic heterocycles. The van der Waals surface area contributed by atoms with Gasteiger partial charge in [-0.25, -0.2) is 0 Å². The van der Waals surface area contributed by atoms with Crippen LogP contribution in [0.5, 0.6) is 0 Å². The largest absolute Gasteiger partial charge is 0.461 e. The van der Waals surface area contributed by atoms with Gasteiger partial charge in [-0.2, -0.15) is 0 Å². The second-order valence-electron chi connectivity index (χ2n) is 0.937. The van der Waals surface area contributed by atoms with Crippen molar-refractivity contribution in [1.29, 1.82) is 0 Å². The van der Waals surface area contributed by atoms with Crippen molar-refractivity contribution < 1.29 is 9.84 Å². The summed E-state index contributed by atoms with van der Waals surface area (Å²) in [6, 6.07) is 0. The Morgan fingerprint density at radius 2 is 1.80 bits per heavy atom. The lowest BCUT2D eigenvalue weighted by Crippen LogP contribution is -1.64. The lowest BCUT2D eigenvalue weighted by molar-refractivity contribution is 0.479. The van der Waals surface area contributed by atoms with Crippen molar-refractivity contribution in [2.75, 3.05) is 0 Å². The summed E-state index contributed by atoms with van der Waals surface area (Å²) in [7, 11) is 0. The van der Waals surface area contributed by atoms with Crippen LogP contribution >= 0.6 is 0 Å². The monoisotopic (exact) mass is 130 g/mol. The number of rotatable bonds is 0. The Kier molecular flexibility index (Phi) is 5.36. The Morgan fingerprint density at radius 3 is 2.40 bits per heavy atom. The molecule has 1 N–H and O–H groups in total. The maximum atomic E-state index is 7.88. The molecule has 10 heavy (non-hydrogen) atoms. The fourth-order valence-corrected chi connectivity index (χ4v) is 0.159. The van der Waals surface area contributed by atoms with Crippen LogP contribution < -0.4 is 0 Å². The highest BCUT2D eigenvalue weighted by Gasteiger charge is 1.60. The van der Waals surface area contributed by atoms with E-state index in [9.17, 15) is 0 Å². The Morgan fingerprint density at radius 1 is 1.10 bits per heavy atom. The molecule has 0 aromatic heterocycles. The molecule has 2 nitrogen and oxygen atoms in total. The first-order valence-corrected chi connectivity index (χ1v) is 2.17. The normalized spacial score (nSPS) is 3.90. The molecule has 0 rings (SSSR count). The third-order valence-corrected chi connectivity index (χ3v) is 0.395. The van der Waals surface area contributed by atoms with E-state index in [1.807, 2.05) is 11.8 Å². The summed E-state index contributed by atoms with van der Waals surface area (Å²) in [4.78, 5) is 0. The molecule has 0 radical (unpaired) electrons. The lowest BCUT2D eigenvalue weighted by Gasteiger charge is -1.69. The molecule has 0 atom stereocenters. The molecular weight excluding hydrogens is 128 g/mol. The predicted molar refractivity (Wildman–Crippen MR) is 35.2 cm³/mol. The van der Waals surface area contributed by atoms with Crippen molar-refractivity contribution in [3.8, 4) is 48.4 Å². The molecule has 0 aromatic rings. The first kappa shape index (κ1) is 7.84. The van der Waals surface area contributed by atoms with E-state index in [-0.39, 0.29) is 0 Å². The number of terminal acetylenes is 1. The highest BCUT2D eigenvalue weighted by atomic mass is 16.5. The fourth-order valence-electron chi connectivity index (χ4n) is 0.159. The van der Waals surface area contributed by atoms with E-state index >= 15 is 0 Å². The second-order valence-corrected chi connectivity index (χ2v) is 0.937. The zero-order valence-electron chi connectivity index (χ0n) is 4.93. The van der Waals surface area contributed by atoms with Crippen LogP contribution in [0.3, 0.4) is 0 Å². The average molecular weight is 130 g/mol. The van der Waals surface area contributed by atoms with Crippen molar-refractivity contribution in [3.63, 3.8) is 0 Å². The SMILES string of the molecule is C#CC#COC#CC#CO. The van der Waals surface area contributed by atoms with Gasteiger partial charge in [0, 0.05) is 17.8 Å². The topological polar surface area (TPSA) is 29.5 Å². The van der Waals surface area contributed by atoms with Crippen LogP contribution in [0.1, 0.15) is 0 Å². The second kappa shape index (κ2) is 6.84. The standard InChI is InChI=1S/C8H2O2/c1-2-3-7-10-8-5-4-6-9/h1,9H. The van der Waals surface area contributed by atoms with Crippen LogP contribution in [0.15, 0.2) is 0 Å². The first-order valence-electron chi connectivity index (χ1n) is 2.17. The predicted octanol–water partition coefficient (Wildman–Crippen LogP) is -0.109. The summed E-state index contributed by atoms with van der Waals surface area (Å²) in [5.41, 5.74) is 0. The van der Waals surface area contributed by atoms with Crippen molar-refractivity contribution in [2.45, 2.75) is 0 Å². The van der Waals surface area contributed by atoms with Crippen LogP contribution in [0.25, 0.3) is 0 Å². The van der Waals surface area contributed by atoms with Crippen LogP contribution in [0, 0.1) is 48.4 Å². The Bertz CT molecular complexity index is 301. The Labute approximate surface area is 59.2 Å². The minimum atomic E-state index is 1.57. The molecule has 46 valence electrons. The summed E-state index contributed by atoms with van der Waals surface area (Å²) in [6.45, 7) is 0. The summed E-state index contributed by atoms with van der Waals surface area (Å²) in [6.07, 6.45) is 10.5.